The fourth-order valence-corrected chi connectivity index (χ4v) is 2.02. The summed E-state index contributed by atoms with van der Waals surface area (Å²) >= 11 is 1.45. The van der Waals surface area contributed by atoms with Crippen LogP contribution in [0.3, 0.4) is 0 Å². The van der Waals surface area contributed by atoms with E-state index >= 15 is 0 Å². The van der Waals surface area contributed by atoms with Crippen LogP contribution in [0, 0.1) is 0 Å². The van der Waals surface area contributed by atoms with Gasteiger partial charge in [-0.15, -0.1) is 11.3 Å². The summed E-state index contributed by atoms with van der Waals surface area (Å²) in [6, 6.07) is 0. The molecule has 8 heteroatoms. The van der Waals surface area contributed by atoms with Crippen LogP contribution < -0.4 is 0 Å². The Kier molecular flexibility index (Phi) is 3.52. The monoisotopic (exact) mass is 260 g/mol. The van der Waals surface area contributed by atoms with Crippen LogP contribution in [-0.4, -0.2) is 20.7 Å². The van der Waals surface area contributed by atoms with Crippen LogP contribution in [0.1, 0.15) is 5.69 Å². The lowest BCUT2D eigenvalue weighted by molar-refractivity contribution is -0.113. The van der Waals surface area contributed by atoms with E-state index in [1.54, 1.807) is 10.9 Å². The summed E-state index contributed by atoms with van der Waals surface area (Å²) < 4.78 is 1.69. The first-order valence-electron chi connectivity index (χ1n) is 4.91. The van der Waals surface area contributed by atoms with Gasteiger partial charge in [-0.05, 0) is 22.8 Å². The minimum Gasteiger partial charge on any atom is -0.288 e. The Bertz CT molecular complexity index is 649. The SMILES string of the molecule is Cn1cc(-c2nc(/C=C/C(=O)N=[N+]=[N-])cs2)cn1. The molecule has 0 radical (unpaired) electrons. The van der Waals surface area contributed by atoms with Crippen LogP contribution in [0.5, 0.6) is 0 Å². The summed E-state index contributed by atoms with van der Waals surface area (Å²) in [7, 11) is 1.83. The largest absolute Gasteiger partial charge is 0.288 e. The highest BCUT2D eigenvalue weighted by Crippen LogP contribution is 2.23. The van der Waals surface area contributed by atoms with Gasteiger partial charge in [0.05, 0.1) is 11.9 Å². The Labute approximate surface area is 106 Å². The standard InChI is InChI=1S/C10H8N6OS/c1-16-5-7(4-12-16)10-13-8(6-18-10)2-3-9(17)14-15-11/h2-6H,1H3/b3-2+. The van der Waals surface area contributed by atoms with Gasteiger partial charge in [0.15, 0.2) is 0 Å². The van der Waals surface area contributed by atoms with Gasteiger partial charge < -0.3 is 0 Å². The second-order valence-electron chi connectivity index (χ2n) is 3.34. The van der Waals surface area contributed by atoms with Gasteiger partial charge in [0, 0.05) is 29.1 Å². The zero-order valence-electron chi connectivity index (χ0n) is 9.39. The zero-order chi connectivity index (χ0) is 13.0. The minimum atomic E-state index is -0.645. The number of azide groups is 1. The first-order chi connectivity index (χ1) is 8.69. The van der Waals surface area contributed by atoms with Crippen molar-refractivity contribution in [2.45, 2.75) is 0 Å². The molecule has 0 saturated heterocycles. The van der Waals surface area contributed by atoms with E-state index in [4.69, 9.17) is 5.53 Å². The third-order valence-electron chi connectivity index (χ3n) is 2.01. The molecule has 2 aromatic heterocycles. The maximum Gasteiger partial charge on any atom is 0.242 e. The lowest BCUT2D eigenvalue weighted by Crippen LogP contribution is -1.84. The van der Waals surface area contributed by atoms with E-state index in [0.717, 1.165) is 10.6 Å². The summed E-state index contributed by atoms with van der Waals surface area (Å²) in [6.45, 7) is 0. The highest BCUT2D eigenvalue weighted by molar-refractivity contribution is 7.13. The molecule has 0 aliphatic rings. The molecule has 0 aliphatic carbocycles. The third kappa shape index (κ3) is 2.82. The van der Waals surface area contributed by atoms with E-state index in [9.17, 15) is 4.79 Å². The van der Waals surface area contributed by atoms with Gasteiger partial charge in [0.2, 0.25) is 5.91 Å². The summed E-state index contributed by atoms with van der Waals surface area (Å²) in [4.78, 5) is 17.7. The van der Waals surface area contributed by atoms with E-state index in [-0.39, 0.29) is 0 Å². The molecule has 0 aliphatic heterocycles. The Balaban J connectivity index is 2.16. The lowest BCUT2D eigenvalue weighted by atomic mass is 10.3. The molecule has 18 heavy (non-hydrogen) atoms. The third-order valence-corrected chi connectivity index (χ3v) is 2.92. The quantitative estimate of drug-likeness (QED) is 0.367. The average molecular weight is 260 g/mol. The highest BCUT2D eigenvalue weighted by Gasteiger charge is 2.05. The maximum absolute atomic E-state index is 11.0. The number of hydrogen-bond acceptors (Lipinski definition) is 4. The number of aryl methyl sites for hydroxylation is 1. The van der Waals surface area contributed by atoms with Crippen LogP contribution in [0.4, 0.5) is 0 Å². The van der Waals surface area contributed by atoms with Gasteiger partial charge in [-0.3, -0.25) is 9.48 Å². The number of hydrogen-bond donors (Lipinski definition) is 0. The summed E-state index contributed by atoms with van der Waals surface area (Å²) in [5.41, 5.74) is 9.63. The van der Waals surface area contributed by atoms with Crippen LogP contribution in [-0.2, 0) is 11.8 Å². The molecule has 90 valence electrons. The van der Waals surface area contributed by atoms with E-state index in [1.807, 2.05) is 18.6 Å². The number of aromatic nitrogens is 3. The van der Waals surface area contributed by atoms with Crippen molar-refractivity contribution in [3.8, 4) is 10.6 Å². The van der Waals surface area contributed by atoms with Crippen molar-refractivity contribution < 1.29 is 4.79 Å². The van der Waals surface area contributed by atoms with E-state index in [2.05, 4.69) is 20.1 Å². The number of thiazole rings is 1. The molecule has 7 nitrogen and oxygen atoms in total. The number of carbonyl (C=O) groups is 1. The minimum absolute atomic E-state index is 0.639. The van der Waals surface area contributed by atoms with Crippen molar-refractivity contribution in [2.75, 3.05) is 0 Å². The van der Waals surface area contributed by atoms with Crippen LogP contribution in [0.25, 0.3) is 27.1 Å². The molecular weight excluding hydrogens is 252 g/mol. The summed E-state index contributed by atoms with van der Waals surface area (Å²) in [6.07, 6.45) is 6.27. The predicted molar refractivity (Wildman–Crippen MR) is 67.5 cm³/mol. The van der Waals surface area contributed by atoms with E-state index in [1.165, 1.54) is 23.5 Å². The van der Waals surface area contributed by atoms with Crippen LogP contribution >= 0.6 is 11.3 Å². The molecule has 0 fully saturated rings. The average Bonchev–Trinajstić information content (AvgIpc) is 2.95. The van der Waals surface area contributed by atoms with Crippen molar-refractivity contribution in [1.82, 2.24) is 14.8 Å². The Hall–Kier alpha value is -2.44. The smallest absolute Gasteiger partial charge is 0.242 e. The topological polar surface area (TPSA) is 96.5 Å². The van der Waals surface area contributed by atoms with Crippen molar-refractivity contribution >= 4 is 23.3 Å². The summed E-state index contributed by atoms with van der Waals surface area (Å²) in [5, 5.41) is 9.61. The molecule has 2 rings (SSSR count). The molecule has 0 saturated carbocycles. The predicted octanol–water partition coefficient (Wildman–Crippen LogP) is 2.39. The van der Waals surface area contributed by atoms with Gasteiger partial charge in [0.1, 0.15) is 5.01 Å². The molecule has 0 atom stereocenters. The van der Waals surface area contributed by atoms with Crippen molar-refractivity contribution in [3.05, 3.63) is 40.0 Å². The second-order valence-corrected chi connectivity index (χ2v) is 4.20. The van der Waals surface area contributed by atoms with Crippen molar-refractivity contribution in [2.24, 2.45) is 12.2 Å². The van der Waals surface area contributed by atoms with Crippen molar-refractivity contribution in [1.29, 1.82) is 0 Å². The maximum atomic E-state index is 11.0. The second kappa shape index (κ2) is 5.26. The fourth-order valence-electron chi connectivity index (χ4n) is 1.26. The molecule has 0 aromatic carbocycles. The van der Waals surface area contributed by atoms with Gasteiger partial charge in [-0.1, -0.05) is 0 Å². The fraction of sp³-hybridized carbons (Fsp3) is 0.100. The zero-order valence-corrected chi connectivity index (χ0v) is 10.2. The molecule has 0 N–H and O–H groups in total. The van der Waals surface area contributed by atoms with Crippen LogP contribution in [0.2, 0.25) is 0 Å². The van der Waals surface area contributed by atoms with Gasteiger partial charge in [0.25, 0.3) is 0 Å². The van der Waals surface area contributed by atoms with Crippen molar-refractivity contribution in [3.63, 3.8) is 0 Å². The Morgan fingerprint density at radius 3 is 3.17 bits per heavy atom. The molecule has 2 aromatic rings. The first-order valence-corrected chi connectivity index (χ1v) is 5.78. The highest BCUT2D eigenvalue weighted by atomic mass is 32.1. The van der Waals surface area contributed by atoms with Gasteiger partial charge in [-0.2, -0.15) is 5.10 Å². The molecule has 0 spiro atoms. The normalized spacial score (nSPS) is 10.5. The summed E-state index contributed by atoms with van der Waals surface area (Å²) in [5.74, 6) is -0.645. The molecule has 1 amide bonds. The van der Waals surface area contributed by atoms with Gasteiger partial charge in [-0.25, -0.2) is 4.98 Å². The Morgan fingerprint density at radius 2 is 2.50 bits per heavy atom. The molecular formula is C10H8N6OS. The number of carbonyl (C=O) groups excluding carboxylic acids is 1. The number of nitrogens with zero attached hydrogens (tertiary/aromatic N) is 6. The van der Waals surface area contributed by atoms with E-state index in [0.29, 0.717) is 5.69 Å². The lowest BCUT2D eigenvalue weighted by Gasteiger charge is -1.86. The number of rotatable bonds is 3. The van der Waals surface area contributed by atoms with Gasteiger partial charge >= 0.3 is 0 Å². The van der Waals surface area contributed by atoms with E-state index < -0.39 is 5.91 Å². The van der Waals surface area contributed by atoms with Crippen LogP contribution in [0.15, 0.2) is 29.0 Å². The first kappa shape index (κ1) is 12.0. The molecule has 2 heterocycles. The number of amides is 1. The Morgan fingerprint density at radius 1 is 1.67 bits per heavy atom. The molecule has 0 unspecified atom stereocenters. The molecule has 0 bridgehead atoms.